The van der Waals surface area contributed by atoms with E-state index in [9.17, 15) is 18.0 Å². The average molecular weight is 458 g/mol. The minimum absolute atomic E-state index is 0.211. The predicted molar refractivity (Wildman–Crippen MR) is 125 cm³/mol. The van der Waals surface area contributed by atoms with Gasteiger partial charge in [0.05, 0.1) is 4.90 Å². The van der Waals surface area contributed by atoms with Crippen LogP contribution in [0.25, 0.3) is 0 Å². The van der Waals surface area contributed by atoms with E-state index in [0.717, 1.165) is 36.0 Å². The maximum atomic E-state index is 13.2. The average Bonchev–Trinajstić information content (AvgIpc) is 2.76. The maximum Gasteiger partial charge on any atom is 0.313 e. The molecule has 2 amide bonds. The van der Waals surface area contributed by atoms with E-state index in [1.165, 1.54) is 0 Å². The quantitative estimate of drug-likeness (QED) is 0.651. The number of para-hydroxylation sites is 1. The molecular weight excluding hydrogens is 426 g/mol. The third-order valence-electron chi connectivity index (χ3n) is 5.89. The number of carbonyl (C=O) groups is 2. The summed E-state index contributed by atoms with van der Waals surface area (Å²) in [5, 5.41) is 5.30. The molecule has 1 saturated heterocycles. The zero-order valence-electron chi connectivity index (χ0n) is 18.8. The first kappa shape index (κ1) is 23.9. The van der Waals surface area contributed by atoms with Crippen LogP contribution in [0, 0.1) is 20.8 Å². The van der Waals surface area contributed by atoms with Gasteiger partial charge in [0.15, 0.2) is 0 Å². The van der Waals surface area contributed by atoms with Gasteiger partial charge in [-0.15, -0.1) is 0 Å². The number of hydrogen-bond acceptors (Lipinski definition) is 4. The van der Waals surface area contributed by atoms with E-state index in [1.54, 1.807) is 28.6 Å². The predicted octanol–water partition coefficient (Wildman–Crippen LogP) is 3.30. The Morgan fingerprint density at radius 3 is 2.28 bits per heavy atom. The van der Waals surface area contributed by atoms with Gasteiger partial charge in [-0.05, 0) is 63.3 Å². The van der Waals surface area contributed by atoms with Crippen LogP contribution in [0.3, 0.4) is 0 Å². The molecule has 1 aliphatic rings. The Hall–Kier alpha value is -2.71. The summed E-state index contributed by atoms with van der Waals surface area (Å²) in [6.45, 7) is 6.34. The van der Waals surface area contributed by atoms with Crippen molar-refractivity contribution in [1.82, 2.24) is 9.62 Å². The second kappa shape index (κ2) is 10.3. The Morgan fingerprint density at radius 1 is 0.969 bits per heavy atom. The summed E-state index contributed by atoms with van der Waals surface area (Å²) < 4.78 is 27.9. The van der Waals surface area contributed by atoms with Crippen LogP contribution in [0.4, 0.5) is 5.69 Å². The first-order valence-corrected chi connectivity index (χ1v) is 12.4. The summed E-state index contributed by atoms with van der Waals surface area (Å²) in [5.74, 6) is -1.45. The Labute approximate surface area is 190 Å². The van der Waals surface area contributed by atoms with Gasteiger partial charge in [-0.3, -0.25) is 9.59 Å². The molecule has 7 nitrogen and oxygen atoms in total. The number of hydrogen-bond donors (Lipinski definition) is 2. The number of nitrogens with one attached hydrogen (secondary N) is 2. The lowest BCUT2D eigenvalue weighted by Crippen LogP contribution is -2.45. The molecule has 1 fully saturated rings. The molecule has 0 bridgehead atoms. The van der Waals surface area contributed by atoms with Gasteiger partial charge in [-0.1, -0.05) is 42.3 Å². The molecule has 1 heterocycles. The van der Waals surface area contributed by atoms with Crippen molar-refractivity contribution in [3.8, 4) is 0 Å². The molecule has 2 aromatic carbocycles. The van der Waals surface area contributed by atoms with E-state index in [1.807, 2.05) is 39.0 Å². The van der Waals surface area contributed by atoms with Crippen LogP contribution in [0.15, 0.2) is 47.4 Å². The molecule has 172 valence electrons. The van der Waals surface area contributed by atoms with Crippen LogP contribution in [-0.2, 0) is 19.6 Å². The van der Waals surface area contributed by atoms with Gasteiger partial charge in [0.25, 0.3) is 0 Å². The zero-order valence-corrected chi connectivity index (χ0v) is 19.7. The number of carbonyl (C=O) groups excluding carboxylic acids is 2. The minimum Gasteiger partial charge on any atom is -0.348 e. The van der Waals surface area contributed by atoms with Crippen molar-refractivity contribution in [2.45, 2.75) is 57.4 Å². The number of amides is 2. The summed E-state index contributed by atoms with van der Waals surface area (Å²) in [6.07, 6.45) is 2.93. The molecule has 2 N–H and O–H groups in total. The highest BCUT2D eigenvalue weighted by molar-refractivity contribution is 7.89. The Kier molecular flexibility index (Phi) is 7.69. The van der Waals surface area contributed by atoms with Crippen LogP contribution in [-0.4, -0.2) is 43.7 Å². The number of benzene rings is 2. The van der Waals surface area contributed by atoms with Crippen LogP contribution >= 0.6 is 0 Å². The molecule has 0 aliphatic carbocycles. The molecule has 2 aromatic rings. The van der Waals surface area contributed by atoms with Gasteiger partial charge in [0.2, 0.25) is 10.0 Å². The number of sulfonamides is 1. The van der Waals surface area contributed by atoms with Gasteiger partial charge >= 0.3 is 11.8 Å². The highest BCUT2D eigenvalue weighted by Crippen LogP contribution is 2.27. The third-order valence-corrected chi connectivity index (χ3v) is 7.86. The molecular formula is C24H31N3O4S. The highest BCUT2D eigenvalue weighted by Gasteiger charge is 2.33. The fourth-order valence-electron chi connectivity index (χ4n) is 4.04. The lowest BCUT2D eigenvalue weighted by Gasteiger charge is -2.34. The van der Waals surface area contributed by atoms with Crippen molar-refractivity contribution in [3.63, 3.8) is 0 Å². The number of rotatable bonds is 6. The second-order valence-corrected chi connectivity index (χ2v) is 10.2. The fourth-order valence-corrected chi connectivity index (χ4v) is 5.76. The van der Waals surface area contributed by atoms with E-state index >= 15 is 0 Å². The SMILES string of the molecule is Cc1ccc(S(=O)(=O)N2CCCC[C@H]2CCNC(=O)C(=O)Nc2c(C)cccc2C)cc1. The van der Waals surface area contributed by atoms with Gasteiger partial charge in [-0.25, -0.2) is 8.42 Å². The van der Waals surface area contributed by atoms with Crippen LogP contribution < -0.4 is 10.6 Å². The molecule has 0 unspecified atom stereocenters. The highest BCUT2D eigenvalue weighted by atomic mass is 32.2. The lowest BCUT2D eigenvalue weighted by atomic mass is 10.0. The molecule has 0 radical (unpaired) electrons. The molecule has 1 atom stereocenters. The molecule has 32 heavy (non-hydrogen) atoms. The standard InChI is InChI=1S/C24H31N3O4S/c1-17-10-12-21(13-11-17)32(30,31)27-16-5-4-9-20(27)14-15-25-23(28)24(29)26-22-18(2)7-6-8-19(22)3/h6-8,10-13,20H,4-5,9,14-16H2,1-3H3,(H,25,28)(H,26,29)/t20-/m0/s1. The van der Waals surface area contributed by atoms with Crippen molar-refractivity contribution in [2.75, 3.05) is 18.4 Å². The molecule has 3 rings (SSSR count). The first-order valence-electron chi connectivity index (χ1n) is 10.9. The Balaban J connectivity index is 1.59. The number of anilines is 1. The number of piperidine rings is 1. The Morgan fingerprint density at radius 2 is 1.62 bits per heavy atom. The fraction of sp³-hybridized carbons (Fsp3) is 0.417. The summed E-state index contributed by atoms with van der Waals surface area (Å²) in [5.41, 5.74) is 3.40. The minimum atomic E-state index is -3.60. The summed E-state index contributed by atoms with van der Waals surface area (Å²) >= 11 is 0. The summed E-state index contributed by atoms with van der Waals surface area (Å²) in [7, 11) is -3.60. The van der Waals surface area contributed by atoms with Gasteiger partial charge in [-0.2, -0.15) is 4.31 Å². The molecule has 8 heteroatoms. The second-order valence-electron chi connectivity index (χ2n) is 8.34. The summed E-state index contributed by atoms with van der Waals surface area (Å²) in [4.78, 5) is 24.9. The third kappa shape index (κ3) is 5.55. The molecule has 0 aromatic heterocycles. The topological polar surface area (TPSA) is 95.6 Å². The van der Waals surface area contributed by atoms with Crippen LogP contribution in [0.5, 0.6) is 0 Å². The smallest absolute Gasteiger partial charge is 0.313 e. The van der Waals surface area contributed by atoms with E-state index in [0.29, 0.717) is 18.7 Å². The monoisotopic (exact) mass is 457 g/mol. The normalized spacial score (nSPS) is 17.0. The van der Waals surface area contributed by atoms with Crippen molar-refractivity contribution in [1.29, 1.82) is 0 Å². The van der Waals surface area contributed by atoms with Gasteiger partial charge < -0.3 is 10.6 Å². The maximum absolute atomic E-state index is 13.2. The first-order chi connectivity index (χ1) is 15.2. The van der Waals surface area contributed by atoms with Crippen molar-refractivity contribution in [3.05, 3.63) is 59.2 Å². The van der Waals surface area contributed by atoms with Crippen LogP contribution in [0.1, 0.15) is 42.4 Å². The number of nitrogens with zero attached hydrogens (tertiary/aromatic N) is 1. The molecule has 0 spiro atoms. The van der Waals surface area contributed by atoms with Crippen molar-refractivity contribution < 1.29 is 18.0 Å². The van der Waals surface area contributed by atoms with E-state index in [2.05, 4.69) is 10.6 Å². The van der Waals surface area contributed by atoms with E-state index in [-0.39, 0.29) is 17.5 Å². The molecule has 1 aliphatic heterocycles. The molecule has 0 saturated carbocycles. The van der Waals surface area contributed by atoms with Gasteiger partial charge in [0.1, 0.15) is 0 Å². The van der Waals surface area contributed by atoms with Crippen LogP contribution in [0.2, 0.25) is 0 Å². The summed E-state index contributed by atoms with van der Waals surface area (Å²) in [6, 6.07) is 12.3. The van der Waals surface area contributed by atoms with E-state index < -0.39 is 21.8 Å². The zero-order chi connectivity index (χ0) is 23.3. The lowest BCUT2D eigenvalue weighted by molar-refractivity contribution is -0.136. The van der Waals surface area contributed by atoms with Gasteiger partial charge in [0, 0.05) is 24.8 Å². The number of aryl methyl sites for hydroxylation is 3. The largest absolute Gasteiger partial charge is 0.348 e. The van der Waals surface area contributed by atoms with E-state index in [4.69, 9.17) is 0 Å². The van der Waals surface area contributed by atoms with Crippen molar-refractivity contribution >= 4 is 27.5 Å². The Bertz CT molecular complexity index is 1060. The van der Waals surface area contributed by atoms with Crippen molar-refractivity contribution in [2.24, 2.45) is 0 Å².